The van der Waals surface area contributed by atoms with E-state index in [4.69, 9.17) is 0 Å². The van der Waals surface area contributed by atoms with Crippen LogP contribution in [-0.4, -0.2) is 4.98 Å². The molecule has 0 fully saturated rings. The van der Waals surface area contributed by atoms with E-state index in [0.29, 0.717) is 0 Å². The largest absolute Gasteiger partial charge is 0.265 e. The first-order valence-electron chi connectivity index (χ1n) is 4.72. The fourth-order valence-electron chi connectivity index (χ4n) is 0.989. The Kier molecular flexibility index (Phi) is 4.94. The molecular weight excluding hydrogens is 190 g/mol. The fraction of sp³-hybridized carbons (Fsp3) is 0.250. The van der Waals surface area contributed by atoms with Crippen molar-refractivity contribution in [3.63, 3.8) is 0 Å². The Labute approximate surface area is 89.4 Å². The van der Waals surface area contributed by atoms with E-state index in [0.717, 1.165) is 0 Å². The molecule has 2 heteroatoms. The summed E-state index contributed by atoms with van der Waals surface area (Å²) in [5.41, 5.74) is 1.40. The molecule has 0 radical (unpaired) electrons. The Morgan fingerprint density at radius 2 is 1.93 bits per heavy atom. The van der Waals surface area contributed by atoms with Gasteiger partial charge in [-0.1, -0.05) is 13.0 Å². The van der Waals surface area contributed by atoms with Gasteiger partial charge in [0.15, 0.2) is 0 Å². The van der Waals surface area contributed by atoms with E-state index in [2.05, 4.69) is 30.3 Å². The summed E-state index contributed by atoms with van der Waals surface area (Å²) >= 11 is 1.85. The smallest absolute Gasteiger partial charge is 0.0267 e. The Hall–Kier alpha value is -1.15. The van der Waals surface area contributed by atoms with Crippen LogP contribution in [0.1, 0.15) is 17.4 Å². The van der Waals surface area contributed by atoms with E-state index < -0.39 is 0 Å². The number of hydrogen-bond donors (Lipinski definition) is 0. The van der Waals surface area contributed by atoms with Crippen molar-refractivity contribution in [2.24, 2.45) is 0 Å². The quantitative estimate of drug-likeness (QED) is 0.691. The van der Waals surface area contributed by atoms with Crippen LogP contribution in [0, 0.1) is 6.92 Å². The predicted octanol–water partition coefficient (Wildman–Crippen LogP) is 3.70. The molecule has 2 aromatic heterocycles. The lowest BCUT2D eigenvalue weighted by Crippen LogP contribution is -1.65. The molecule has 0 saturated heterocycles. The van der Waals surface area contributed by atoms with Crippen molar-refractivity contribution in [3.05, 3.63) is 52.5 Å². The van der Waals surface area contributed by atoms with Gasteiger partial charge in [0.25, 0.3) is 0 Å². The lowest BCUT2D eigenvalue weighted by atomic mass is 10.3. The average molecular weight is 205 g/mol. The van der Waals surface area contributed by atoms with Gasteiger partial charge in [0.2, 0.25) is 0 Å². The molecule has 2 heterocycles. The first kappa shape index (κ1) is 10.9. The zero-order valence-electron chi connectivity index (χ0n) is 8.60. The van der Waals surface area contributed by atoms with Crippen molar-refractivity contribution in [1.82, 2.24) is 4.98 Å². The molecule has 0 aliphatic rings. The summed E-state index contributed by atoms with van der Waals surface area (Å²) < 4.78 is 0. The van der Waals surface area contributed by atoms with E-state index in [1.807, 2.05) is 29.5 Å². The number of rotatable bonds is 1. The highest BCUT2D eigenvalue weighted by Crippen LogP contribution is 2.13. The van der Waals surface area contributed by atoms with Gasteiger partial charge in [-0.25, -0.2) is 0 Å². The summed E-state index contributed by atoms with van der Waals surface area (Å²) in [5.74, 6) is 0. The van der Waals surface area contributed by atoms with Crippen molar-refractivity contribution in [1.29, 1.82) is 0 Å². The molecule has 2 aromatic rings. The molecule has 0 spiro atoms. The SMILES string of the molecule is CCc1cc(C)cs1.c1ccncc1. The molecule has 2 rings (SSSR count). The highest BCUT2D eigenvalue weighted by molar-refractivity contribution is 7.10. The van der Waals surface area contributed by atoms with Crippen LogP contribution in [0.4, 0.5) is 0 Å². The molecule has 0 unspecified atom stereocenters. The number of nitrogens with zero attached hydrogens (tertiary/aromatic N) is 1. The molecule has 74 valence electrons. The summed E-state index contributed by atoms with van der Waals surface area (Å²) in [5, 5.41) is 2.19. The first-order chi connectivity index (χ1) is 6.83. The molecule has 1 nitrogen and oxygen atoms in total. The van der Waals surface area contributed by atoms with Crippen LogP contribution in [0.3, 0.4) is 0 Å². The van der Waals surface area contributed by atoms with Crippen LogP contribution in [-0.2, 0) is 6.42 Å². The lowest BCUT2D eigenvalue weighted by molar-refractivity contribution is 1.18. The van der Waals surface area contributed by atoms with Gasteiger partial charge < -0.3 is 0 Å². The Balaban J connectivity index is 0.000000146. The molecule has 0 aliphatic heterocycles. The minimum absolute atomic E-state index is 1.18. The van der Waals surface area contributed by atoms with Gasteiger partial charge in [-0.3, -0.25) is 4.98 Å². The number of pyridine rings is 1. The zero-order chi connectivity index (χ0) is 10.2. The topological polar surface area (TPSA) is 12.9 Å². The van der Waals surface area contributed by atoms with Crippen LogP contribution in [0.5, 0.6) is 0 Å². The van der Waals surface area contributed by atoms with Crippen LogP contribution in [0.15, 0.2) is 42.0 Å². The number of aryl methyl sites for hydroxylation is 2. The maximum Gasteiger partial charge on any atom is 0.0267 e. The molecule has 0 amide bonds. The fourth-order valence-corrected chi connectivity index (χ4v) is 1.81. The molecule has 0 aromatic carbocycles. The minimum atomic E-state index is 1.18. The van der Waals surface area contributed by atoms with E-state index in [1.165, 1.54) is 16.9 Å². The van der Waals surface area contributed by atoms with Crippen molar-refractivity contribution in [2.45, 2.75) is 20.3 Å². The van der Waals surface area contributed by atoms with E-state index in [1.54, 1.807) is 12.4 Å². The van der Waals surface area contributed by atoms with Gasteiger partial charge in [-0.05, 0) is 42.5 Å². The van der Waals surface area contributed by atoms with Crippen molar-refractivity contribution in [3.8, 4) is 0 Å². The normalized spacial score (nSPS) is 9.00. The van der Waals surface area contributed by atoms with E-state index >= 15 is 0 Å². The van der Waals surface area contributed by atoms with Crippen LogP contribution >= 0.6 is 11.3 Å². The van der Waals surface area contributed by atoms with Gasteiger partial charge in [-0.2, -0.15) is 0 Å². The van der Waals surface area contributed by atoms with Crippen LogP contribution in [0.2, 0.25) is 0 Å². The molecule has 0 atom stereocenters. The Morgan fingerprint density at radius 1 is 1.21 bits per heavy atom. The molecule has 0 N–H and O–H groups in total. The molecule has 14 heavy (non-hydrogen) atoms. The lowest BCUT2D eigenvalue weighted by Gasteiger charge is -1.79. The molecule has 0 saturated carbocycles. The minimum Gasteiger partial charge on any atom is -0.265 e. The standard InChI is InChI=1S/C7H10S.C5H5N/c1-3-7-4-6(2)5-8-7;1-2-4-6-5-3-1/h4-5H,3H2,1-2H3;1-5H. The van der Waals surface area contributed by atoms with Gasteiger partial charge in [0.05, 0.1) is 0 Å². The second-order valence-corrected chi connectivity index (χ2v) is 3.96. The maximum atomic E-state index is 3.78. The summed E-state index contributed by atoms with van der Waals surface area (Å²) in [6, 6.07) is 7.96. The molecule has 0 bridgehead atoms. The second-order valence-electron chi connectivity index (χ2n) is 2.97. The third-order valence-corrected chi connectivity index (χ3v) is 2.90. The highest BCUT2D eigenvalue weighted by atomic mass is 32.1. The van der Waals surface area contributed by atoms with E-state index in [-0.39, 0.29) is 0 Å². The average Bonchev–Trinajstić information content (AvgIpc) is 2.68. The summed E-state index contributed by atoms with van der Waals surface area (Å²) in [6.45, 7) is 4.32. The van der Waals surface area contributed by atoms with Crippen LogP contribution < -0.4 is 0 Å². The molecule has 0 aliphatic carbocycles. The van der Waals surface area contributed by atoms with Crippen molar-refractivity contribution in [2.75, 3.05) is 0 Å². The maximum absolute atomic E-state index is 3.78. The predicted molar refractivity (Wildman–Crippen MR) is 62.7 cm³/mol. The summed E-state index contributed by atoms with van der Waals surface area (Å²) in [7, 11) is 0. The number of thiophene rings is 1. The first-order valence-corrected chi connectivity index (χ1v) is 5.60. The molecular formula is C12H15NS. The highest BCUT2D eigenvalue weighted by Gasteiger charge is 1.89. The van der Waals surface area contributed by atoms with E-state index in [9.17, 15) is 0 Å². The number of aromatic nitrogens is 1. The van der Waals surface area contributed by atoms with Crippen LogP contribution in [0.25, 0.3) is 0 Å². The summed E-state index contributed by atoms with van der Waals surface area (Å²) in [6.07, 6.45) is 4.68. The van der Waals surface area contributed by atoms with Gasteiger partial charge in [-0.15, -0.1) is 11.3 Å². The second kappa shape index (κ2) is 6.33. The third kappa shape index (κ3) is 4.19. The van der Waals surface area contributed by atoms with Gasteiger partial charge in [0, 0.05) is 17.3 Å². The van der Waals surface area contributed by atoms with Gasteiger partial charge >= 0.3 is 0 Å². The number of hydrogen-bond acceptors (Lipinski definition) is 2. The van der Waals surface area contributed by atoms with Crippen molar-refractivity contribution >= 4 is 11.3 Å². The monoisotopic (exact) mass is 205 g/mol. The van der Waals surface area contributed by atoms with Gasteiger partial charge in [0.1, 0.15) is 0 Å². The zero-order valence-corrected chi connectivity index (χ0v) is 9.42. The third-order valence-electron chi connectivity index (χ3n) is 1.70. The Morgan fingerprint density at radius 3 is 2.14 bits per heavy atom. The van der Waals surface area contributed by atoms with Crippen molar-refractivity contribution < 1.29 is 0 Å². The Bertz CT molecular complexity index is 314. The summed E-state index contributed by atoms with van der Waals surface area (Å²) in [4.78, 5) is 5.27.